The van der Waals surface area contributed by atoms with Gasteiger partial charge in [0.25, 0.3) is 0 Å². The van der Waals surface area contributed by atoms with Gasteiger partial charge in [-0.1, -0.05) is 13.0 Å². The van der Waals surface area contributed by atoms with Gasteiger partial charge in [0, 0.05) is 19.5 Å². The average Bonchev–Trinajstić information content (AvgIpc) is 2.59. The number of carbonyl (C=O) groups is 1. The number of hydrogen-bond acceptors (Lipinski definition) is 3. The van der Waals surface area contributed by atoms with E-state index in [4.69, 9.17) is 5.11 Å². The molecule has 0 saturated heterocycles. The molecule has 74 valence electrons. The van der Waals surface area contributed by atoms with E-state index >= 15 is 0 Å². The smallest absolute Gasteiger partial charge is 0.303 e. The highest BCUT2D eigenvalue weighted by molar-refractivity contribution is 5.66. The maximum absolute atomic E-state index is 9.37. The Balaban J connectivity index is 0.000000252. The molecule has 0 aliphatic carbocycles. The molecule has 0 aromatic heterocycles. The molecule has 1 heterocycles. The Hall–Kier alpha value is -1.32. The third-order valence-corrected chi connectivity index (χ3v) is 1.43. The number of aliphatic carboxylic acids is 1. The monoisotopic (exact) mass is 184 g/mol. The summed E-state index contributed by atoms with van der Waals surface area (Å²) in [5, 5.41) is 7.72. The topological polar surface area (TPSA) is 52.9 Å². The minimum Gasteiger partial charge on any atom is -0.481 e. The van der Waals surface area contributed by atoms with E-state index in [9.17, 15) is 4.79 Å². The zero-order valence-electron chi connectivity index (χ0n) is 7.94. The second-order valence-corrected chi connectivity index (χ2v) is 2.55. The molecule has 0 atom stereocenters. The Kier molecular flexibility index (Phi) is 6.59. The van der Waals surface area contributed by atoms with Crippen molar-refractivity contribution in [2.75, 3.05) is 19.6 Å². The maximum Gasteiger partial charge on any atom is 0.303 e. The number of rotatable bonds is 3. The molecule has 13 heavy (non-hydrogen) atoms. The molecule has 4 heteroatoms. The molecular formula is C9H16N2O2. The van der Waals surface area contributed by atoms with Crippen molar-refractivity contribution >= 4 is 12.3 Å². The minimum absolute atomic E-state index is 0.222. The molecule has 0 radical (unpaired) electrons. The Morgan fingerprint density at radius 2 is 2.46 bits per heavy atom. The number of nitrogens with zero attached hydrogens (tertiary/aromatic N) is 2. The van der Waals surface area contributed by atoms with E-state index in [1.54, 1.807) is 6.92 Å². The average molecular weight is 184 g/mol. The molecule has 0 amide bonds. The van der Waals surface area contributed by atoms with Crippen molar-refractivity contribution in [2.24, 2.45) is 4.99 Å². The highest BCUT2D eigenvalue weighted by Gasteiger charge is 1.99. The van der Waals surface area contributed by atoms with E-state index in [0.29, 0.717) is 0 Å². The van der Waals surface area contributed by atoms with E-state index < -0.39 is 5.97 Å². The molecule has 0 fully saturated rings. The summed E-state index contributed by atoms with van der Waals surface area (Å²) in [5.74, 6) is -0.745. The summed E-state index contributed by atoms with van der Waals surface area (Å²) in [5.41, 5.74) is 0. The van der Waals surface area contributed by atoms with Crippen molar-refractivity contribution in [2.45, 2.75) is 13.3 Å². The first kappa shape index (κ1) is 11.7. The molecule has 0 aromatic carbocycles. The molecule has 1 aliphatic heterocycles. The summed E-state index contributed by atoms with van der Waals surface area (Å²) >= 11 is 0. The standard InChI is InChI=1S/C6H10N2.C3H6O2/c1-2-4-8-5-3-7-6-8;1-2-3(4)5/h2,6H,1,3-5H2;2H2,1H3,(H,4,5). The Bertz CT molecular complexity index is 190. The van der Waals surface area contributed by atoms with Gasteiger partial charge in [0.1, 0.15) is 0 Å². The highest BCUT2D eigenvalue weighted by Crippen LogP contribution is 1.90. The summed E-state index contributed by atoms with van der Waals surface area (Å²) in [6.45, 7) is 8.17. The van der Waals surface area contributed by atoms with Crippen molar-refractivity contribution in [3.05, 3.63) is 12.7 Å². The summed E-state index contributed by atoms with van der Waals surface area (Å²) < 4.78 is 0. The first-order chi connectivity index (χ1) is 6.20. The number of hydrogen-bond donors (Lipinski definition) is 1. The first-order valence-corrected chi connectivity index (χ1v) is 4.27. The second-order valence-electron chi connectivity index (χ2n) is 2.55. The molecule has 0 bridgehead atoms. The summed E-state index contributed by atoms with van der Waals surface area (Å²) in [4.78, 5) is 15.5. The van der Waals surface area contributed by atoms with Crippen LogP contribution in [0.5, 0.6) is 0 Å². The minimum atomic E-state index is -0.745. The molecule has 0 unspecified atom stereocenters. The van der Waals surface area contributed by atoms with Gasteiger partial charge in [-0.25, -0.2) is 0 Å². The van der Waals surface area contributed by atoms with Crippen molar-refractivity contribution in [1.82, 2.24) is 4.90 Å². The van der Waals surface area contributed by atoms with Crippen LogP contribution >= 0.6 is 0 Å². The highest BCUT2D eigenvalue weighted by atomic mass is 16.4. The lowest BCUT2D eigenvalue weighted by molar-refractivity contribution is -0.136. The Morgan fingerprint density at radius 1 is 1.85 bits per heavy atom. The predicted molar refractivity (Wildman–Crippen MR) is 53.1 cm³/mol. The van der Waals surface area contributed by atoms with Gasteiger partial charge in [0.15, 0.2) is 0 Å². The zero-order chi connectivity index (χ0) is 10.1. The zero-order valence-corrected chi connectivity index (χ0v) is 7.94. The van der Waals surface area contributed by atoms with E-state index in [-0.39, 0.29) is 6.42 Å². The van der Waals surface area contributed by atoms with Crippen molar-refractivity contribution < 1.29 is 9.90 Å². The summed E-state index contributed by atoms with van der Waals surface area (Å²) in [6.07, 6.45) is 3.99. The molecule has 0 aromatic rings. The summed E-state index contributed by atoms with van der Waals surface area (Å²) in [7, 11) is 0. The van der Waals surface area contributed by atoms with Gasteiger partial charge >= 0.3 is 5.97 Å². The van der Waals surface area contributed by atoms with Crippen LogP contribution < -0.4 is 0 Å². The lowest BCUT2D eigenvalue weighted by Gasteiger charge is -2.08. The fraction of sp³-hybridized carbons (Fsp3) is 0.556. The van der Waals surface area contributed by atoms with E-state index in [1.165, 1.54) is 0 Å². The van der Waals surface area contributed by atoms with Crippen LogP contribution in [0.15, 0.2) is 17.6 Å². The SMILES string of the molecule is C=CCN1C=NCC1.CCC(=O)O. The van der Waals surface area contributed by atoms with Gasteiger partial charge in [-0.3, -0.25) is 9.79 Å². The van der Waals surface area contributed by atoms with Gasteiger partial charge in [0.2, 0.25) is 0 Å². The van der Waals surface area contributed by atoms with Crippen molar-refractivity contribution in [3.63, 3.8) is 0 Å². The third kappa shape index (κ3) is 7.05. The fourth-order valence-electron chi connectivity index (χ4n) is 0.721. The lowest BCUT2D eigenvalue weighted by Crippen LogP contribution is -2.18. The largest absolute Gasteiger partial charge is 0.481 e. The fourth-order valence-corrected chi connectivity index (χ4v) is 0.721. The van der Waals surface area contributed by atoms with Gasteiger partial charge in [-0.15, -0.1) is 6.58 Å². The Labute approximate surface area is 78.6 Å². The predicted octanol–water partition coefficient (Wildman–Crippen LogP) is 0.997. The number of carboxylic acid groups (broad SMARTS) is 1. The lowest BCUT2D eigenvalue weighted by atomic mass is 10.5. The van der Waals surface area contributed by atoms with E-state index in [0.717, 1.165) is 19.6 Å². The molecule has 1 aliphatic rings. The molecular weight excluding hydrogens is 168 g/mol. The van der Waals surface area contributed by atoms with Crippen LogP contribution in [0.3, 0.4) is 0 Å². The van der Waals surface area contributed by atoms with Gasteiger partial charge < -0.3 is 10.0 Å². The van der Waals surface area contributed by atoms with Crippen LogP contribution in [0, 0.1) is 0 Å². The summed E-state index contributed by atoms with van der Waals surface area (Å²) in [6, 6.07) is 0. The maximum atomic E-state index is 9.37. The quantitative estimate of drug-likeness (QED) is 0.666. The van der Waals surface area contributed by atoms with Crippen LogP contribution in [0.2, 0.25) is 0 Å². The van der Waals surface area contributed by atoms with Gasteiger partial charge in [0.05, 0.1) is 12.9 Å². The van der Waals surface area contributed by atoms with Gasteiger partial charge in [-0.2, -0.15) is 0 Å². The normalized spacial score (nSPS) is 13.5. The van der Waals surface area contributed by atoms with Crippen LogP contribution in [0.1, 0.15) is 13.3 Å². The van der Waals surface area contributed by atoms with Crippen LogP contribution in [0.4, 0.5) is 0 Å². The van der Waals surface area contributed by atoms with E-state index in [1.807, 2.05) is 12.4 Å². The van der Waals surface area contributed by atoms with Crippen LogP contribution in [-0.2, 0) is 4.79 Å². The number of aliphatic imine (C=N–C) groups is 1. The van der Waals surface area contributed by atoms with Crippen LogP contribution in [-0.4, -0.2) is 41.9 Å². The molecule has 0 spiro atoms. The Morgan fingerprint density at radius 3 is 2.77 bits per heavy atom. The molecule has 0 saturated carbocycles. The van der Waals surface area contributed by atoms with Gasteiger partial charge in [-0.05, 0) is 0 Å². The first-order valence-electron chi connectivity index (χ1n) is 4.27. The third-order valence-electron chi connectivity index (χ3n) is 1.43. The van der Waals surface area contributed by atoms with Crippen LogP contribution in [0.25, 0.3) is 0 Å². The number of carboxylic acids is 1. The second kappa shape index (κ2) is 7.34. The van der Waals surface area contributed by atoms with E-state index in [2.05, 4.69) is 16.5 Å². The van der Waals surface area contributed by atoms with Crippen molar-refractivity contribution in [1.29, 1.82) is 0 Å². The molecule has 1 rings (SSSR count). The molecule has 1 N–H and O–H groups in total. The van der Waals surface area contributed by atoms with Crippen molar-refractivity contribution in [3.8, 4) is 0 Å². The molecule has 4 nitrogen and oxygen atoms in total.